The minimum atomic E-state index is -0.833. The molecule has 1 aliphatic carbocycles. The van der Waals surface area contributed by atoms with E-state index in [2.05, 4.69) is 17.1 Å². The lowest BCUT2D eigenvalue weighted by molar-refractivity contribution is 0.170. The van der Waals surface area contributed by atoms with Crippen LogP contribution < -0.4 is 0 Å². The molecule has 1 saturated carbocycles. The zero-order chi connectivity index (χ0) is 13.9. The van der Waals surface area contributed by atoms with Crippen molar-refractivity contribution < 1.29 is 9.63 Å². The summed E-state index contributed by atoms with van der Waals surface area (Å²) in [6.45, 7) is 2.23. The molecule has 3 unspecified atom stereocenters. The summed E-state index contributed by atoms with van der Waals surface area (Å²) in [5.41, 5.74) is 0.778. The van der Waals surface area contributed by atoms with Crippen molar-refractivity contribution in [2.24, 2.45) is 5.92 Å². The van der Waals surface area contributed by atoms with Gasteiger partial charge < -0.3 is 9.63 Å². The van der Waals surface area contributed by atoms with Crippen molar-refractivity contribution in [1.82, 2.24) is 10.1 Å². The first-order valence-electron chi connectivity index (χ1n) is 7.34. The van der Waals surface area contributed by atoms with Crippen LogP contribution >= 0.6 is 0 Å². The molecule has 0 amide bonds. The minimum absolute atomic E-state index is 0.297. The molecule has 4 nitrogen and oxygen atoms in total. The van der Waals surface area contributed by atoms with Crippen LogP contribution in [-0.4, -0.2) is 15.2 Å². The van der Waals surface area contributed by atoms with Gasteiger partial charge in [0.2, 0.25) is 0 Å². The highest BCUT2D eigenvalue weighted by Gasteiger charge is 2.29. The Bertz CT molecular complexity index is 553. The molecular weight excluding hydrogens is 252 g/mol. The molecule has 0 spiro atoms. The fourth-order valence-electron chi connectivity index (χ4n) is 2.98. The molecular formula is C16H20N2O2. The molecule has 1 heterocycles. The van der Waals surface area contributed by atoms with Crippen LogP contribution in [0.5, 0.6) is 0 Å². The highest BCUT2D eigenvalue weighted by molar-refractivity contribution is 5.21. The molecule has 4 heteroatoms. The van der Waals surface area contributed by atoms with Crippen LogP contribution in [0.3, 0.4) is 0 Å². The number of aliphatic hydroxyl groups excluding tert-OH is 1. The van der Waals surface area contributed by atoms with Gasteiger partial charge in [-0.1, -0.05) is 48.8 Å². The van der Waals surface area contributed by atoms with E-state index in [1.165, 1.54) is 12.8 Å². The molecule has 0 radical (unpaired) electrons. The second-order valence-corrected chi connectivity index (χ2v) is 5.59. The summed E-state index contributed by atoms with van der Waals surface area (Å²) < 4.78 is 5.25. The molecule has 1 aromatic heterocycles. The van der Waals surface area contributed by atoms with Gasteiger partial charge in [-0.25, -0.2) is 0 Å². The van der Waals surface area contributed by atoms with E-state index >= 15 is 0 Å². The van der Waals surface area contributed by atoms with Crippen LogP contribution in [0, 0.1) is 5.92 Å². The van der Waals surface area contributed by atoms with E-state index in [1.54, 1.807) is 0 Å². The predicted octanol–water partition coefficient (Wildman–Crippen LogP) is 3.45. The van der Waals surface area contributed by atoms with E-state index in [4.69, 9.17) is 4.52 Å². The van der Waals surface area contributed by atoms with E-state index in [0.29, 0.717) is 11.8 Å². The van der Waals surface area contributed by atoms with E-state index in [-0.39, 0.29) is 0 Å². The Morgan fingerprint density at radius 1 is 1.30 bits per heavy atom. The summed E-state index contributed by atoms with van der Waals surface area (Å²) in [4.78, 5) is 4.41. The van der Waals surface area contributed by atoms with Gasteiger partial charge in [-0.15, -0.1) is 0 Å². The van der Waals surface area contributed by atoms with Gasteiger partial charge in [0.05, 0.1) is 0 Å². The van der Waals surface area contributed by atoms with Gasteiger partial charge in [0.1, 0.15) is 0 Å². The molecule has 20 heavy (non-hydrogen) atoms. The number of aromatic nitrogens is 2. The first-order chi connectivity index (χ1) is 9.78. The zero-order valence-electron chi connectivity index (χ0n) is 11.7. The van der Waals surface area contributed by atoms with Gasteiger partial charge in [-0.05, 0) is 30.7 Å². The van der Waals surface area contributed by atoms with Crippen molar-refractivity contribution in [3.8, 4) is 0 Å². The van der Waals surface area contributed by atoms with Gasteiger partial charge in [-0.3, -0.25) is 0 Å². The fourth-order valence-corrected chi connectivity index (χ4v) is 2.98. The van der Waals surface area contributed by atoms with E-state index in [1.807, 2.05) is 30.3 Å². The highest BCUT2D eigenvalue weighted by Crippen LogP contribution is 2.38. The fraction of sp³-hybridized carbons (Fsp3) is 0.500. The molecule has 106 valence electrons. The Kier molecular flexibility index (Phi) is 3.83. The van der Waals surface area contributed by atoms with Crippen molar-refractivity contribution in [3.05, 3.63) is 47.6 Å². The lowest BCUT2D eigenvalue weighted by Crippen LogP contribution is -2.01. The van der Waals surface area contributed by atoms with Crippen LogP contribution in [0.1, 0.15) is 61.9 Å². The minimum Gasteiger partial charge on any atom is -0.378 e. The highest BCUT2D eigenvalue weighted by atomic mass is 16.5. The van der Waals surface area contributed by atoms with Gasteiger partial charge in [0.15, 0.2) is 11.9 Å². The summed E-state index contributed by atoms with van der Waals surface area (Å²) in [5.74, 6) is 2.22. The third-order valence-corrected chi connectivity index (χ3v) is 4.29. The number of rotatable bonds is 4. The summed E-state index contributed by atoms with van der Waals surface area (Å²) >= 11 is 0. The van der Waals surface area contributed by atoms with Crippen LogP contribution in [0.15, 0.2) is 34.9 Å². The summed E-state index contributed by atoms with van der Waals surface area (Å²) in [6, 6.07) is 9.41. The Hall–Kier alpha value is -1.68. The molecule has 3 atom stereocenters. The molecule has 3 rings (SSSR count). The molecule has 2 aromatic rings. The SMILES string of the molecule is CCC1CCC(c2noc(C(O)c3ccccc3)n2)C1. The monoisotopic (exact) mass is 272 g/mol. The van der Waals surface area contributed by atoms with Gasteiger partial charge in [-0.2, -0.15) is 4.98 Å². The Labute approximate surface area is 118 Å². The van der Waals surface area contributed by atoms with E-state index in [9.17, 15) is 5.11 Å². The molecule has 1 N–H and O–H groups in total. The Balaban J connectivity index is 1.74. The molecule has 1 aromatic carbocycles. The third kappa shape index (κ3) is 2.61. The Morgan fingerprint density at radius 2 is 2.10 bits per heavy atom. The normalized spacial score (nSPS) is 23.9. The van der Waals surface area contributed by atoms with Crippen molar-refractivity contribution in [3.63, 3.8) is 0 Å². The van der Waals surface area contributed by atoms with Crippen molar-refractivity contribution in [2.45, 2.75) is 44.6 Å². The number of hydrogen-bond donors (Lipinski definition) is 1. The first-order valence-corrected chi connectivity index (χ1v) is 7.34. The molecule has 0 bridgehead atoms. The first kappa shape index (κ1) is 13.3. The average molecular weight is 272 g/mol. The van der Waals surface area contributed by atoms with Gasteiger partial charge >= 0.3 is 0 Å². The number of hydrogen-bond acceptors (Lipinski definition) is 4. The van der Waals surface area contributed by atoms with Crippen molar-refractivity contribution in [2.75, 3.05) is 0 Å². The largest absolute Gasteiger partial charge is 0.378 e. The maximum Gasteiger partial charge on any atom is 0.260 e. The van der Waals surface area contributed by atoms with E-state index in [0.717, 1.165) is 30.1 Å². The molecule has 1 fully saturated rings. The smallest absolute Gasteiger partial charge is 0.260 e. The van der Waals surface area contributed by atoms with Crippen LogP contribution in [0.2, 0.25) is 0 Å². The molecule has 0 saturated heterocycles. The molecule has 0 aliphatic heterocycles. The van der Waals surface area contributed by atoms with Crippen LogP contribution in [0.25, 0.3) is 0 Å². The summed E-state index contributed by atoms with van der Waals surface area (Å²) in [6.07, 6.45) is 3.89. The van der Waals surface area contributed by atoms with Crippen LogP contribution in [-0.2, 0) is 0 Å². The standard InChI is InChI=1S/C16H20N2O2/c1-2-11-8-9-13(10-11)15-17-16(20-18-15)14(19)12-6-4-3-5-7-12/h3-7,11,13-14,19H,2,8-10H2,1H3. The van der Waals surface area contributed by atoms with E-state index < -0.39 is 6.10 Å². The Morgan fingerprint density at radius 3 is 2.80 bits per heavy atom. The van der Waals surface area contributed by atoms with Gasteiger partial charge in [0.25, 0.3) is 5.89 Å². The van der Waals surface area contributed by atoms with Crippen molar-refractivity contribution in [1.29, 1.82) is 0 Å². The maximum absolute atomic E-state index is 10.2. The van der Waals surface area contributed by atoms with Gasteiger partial charge in [0, 0.05) is 5.92 Å². The number of aliphatic hydroxyl groups is 1. The predicted molar refractivity (Wildman–Crippen MR) is 75.2 cm³/mol. The second-order valence-electron chi connectivity index (χ2n) is 5.59. The summed E-state index contributed by atoms with van der Waals surface area (Å²) in [5, 5.41) is 14.3. The lowest BCUT2D eigenvalue weighted by atomic mass is 10.0. The number of benzene rings is 1. The second kappa shape index (κ2) is 5.75. The number of nitrogens with zero attached hydrogens (tertiary/aromatic N) is 2. The average Bonchev–Trinajstić information content (AvgIpc) is 3.16. The maximum atomic E-state index is 10.2. The van der Waals surface area contributed by atoms with Crippen LogP contribution in [0.4, 0.5) is 0 Å². The topological polar surface area (TPSA) is 59.2 Å². The van der Waals surface area contributed by atoms with Crippen molar-refractivity contribution >= 4 is 0 Å². The summed E-state index contributed by atoms with van der Waals surface area (Å²) in [7, 11) is 0. The zero-order valence-corrected chi connectivity index (χ0v) is 11.7. The third-order valence-electron chi connectivity index (χ3n) is 4.29. The molecule has 1 aliphatic rings. The quantitative estimate of drug-likeness (QED) is 0.926. The lowest BCUT2D eigenvalue weighted by Gasteiger charge is -2.06.